The van der Waals surface area contributed by atoms with Crippen molar-refractivity contribution in [3.05, 3.63) is 94.8 Å². The van der Waals surface area contributed by atoms with Crippen LogP contribution >= 0.6 is 0 Å². The third-order valence-corrected chi connectivity index (χ3v) is 5.32. The van der Waals surface area contributed by atoms with Gasteiger partial charge in [-0.1, -0.05) is 42.5 Å². The average molecular weight is 410 g/mol. The molecule has 6 nitrogen and oxygen atoms in total. The lowest BCUT2D eigenvalue weighted by Gasteiger charge is -2.22. The van der Waals surface area contributed by atoms with Gasteiger partial charge in [0.1, 0.15) is 12.2 Å². The smallest absolute Gasteiger partial charge is 0.258 e. The van der Waals surface area contributed by atoms with Crippen LogP contribution in [0.15, 0.2) is 66.9 Å². The standard InChI is InChI=1S/C25H18N2O4/c28-15-19-6-8-20(9-7-19)25(31)27-13-10-21(16-29)22-11-12-26(24(22)23(27)17-30)14-18-4-2-1-3-5-18/h1-9,11-12,15H,10,13-14H2. The first kappa shape index (κ1) is 20.0. The van der Waals surface area contributed by atoms with Crippen LogP contribution in [0.1, 0.15) is 44.0 Å². The molecule has 0 radical (unpaired) electrons. The Morgan fingerprint density at radius 3 is 2.35 bits per heavy atom. The van der Waals surface area contributed by atoms with E-state index in [9.17, 15) is 19.2 Å². The van der Waals surface area contributed by atoms with Crippen LogP contribution in [0.3, 0.4) is 0 Å². The van der Waals surface area contributed by atoms with Crippen LogP contribution in [0.25, 0.3) is 11.3 Å². The van der Waals surface area contributed by atoms with Gasteiger partial charge in [0, 0.05) is 48.0 Å². The molecular weight excluding hydrogens is 392 g/mol. The minimum Gasteiger partial charge on any atom is -0.341 e. The number of carbonyl (C=O) groups is 2. The molecule has 1 aromatic heterocycles. The summed E-state index contributed by atoms with van der Waals surface area (Å²) in [4.78, 5) is 49.2. The van der Waals surface area contributed by atoms with Gasteiger partial charge >= 0.3 is 0 Å². The summed E-state index contributed by atoms with van der Waals surface area (Å²) in [6.07, 6.45) is 2.75. The van der Waals surface area contributed by atoms with Gasteiger partial charge < -0.3 is 4.57 Å². The third kappa shape index (κ3) is 3.81. The summed E-state index contributed by atoms with van der Waals surface area (Å²) < 4.78 is 1.84. The molecule has 1 aliphatic rings. The maximum absolute atomic E-state index is 13.2. The number of benzene rings is 2. The fraction of sp³-hybridized carbons (Fsp3) is 0.120. The van der Waals surface area contributed by atoms with Crippen molar-refractivity contribution >= 4 is 35.3 Å². The van der Waals surface area contributed by atoms with Crippen molar-refractivity contribution in [3.8, 4) is 0 Å². The Kier molecular flexibility index (Phi) is 5.59. The van der Waals surface area contributed by atoms with E-state index >= 15 is 0 Å². The topological polar surface area (TPSA) is 76.5 Å². The summed E-state index contributed by atoms with van der Waals surface area (Å²) >= 11 is 0. The number of hydrogen-bond acceptors (Lipinski definition) is 4. The fourth-order valence-corrected chi connectivity index (χ4v) is 3.76. The number of aromatic nitrogens is 1. The second kappa shape index (κ2) is 8.64. The molecule has 0 spiro atoms. The number of nitrogens with zero attached hydrogens (tertiary/aromatic N) is 2. The maximum Gasteiger partial charge on any atom is 0.258 e. The van der Waals surface area contributed by atoms with Gasteiger partial charge in [-0.25, -0.2) is 9.59 Å². The first-order valence-electron chi connectivity index (χ1n) is 9.76. The van der Waals surface area contributed by atoms with Crippen LogP contribution in [-0.4, -0.2) is 40.1 Å². The normalized spacial score (nSPS) is 13.1. The molecule has 2 heterocycles. The van der Waals surface area contributed by atoms with E-state index in [0.29, 0.717) is 40.8 Å². The minimum absolute atomic E-state index is 0.0747. The number of carbonyl (C=O) groups excluding carboxylic acids is 4. The van der Waals surface area contributed by atoms with Gasteiger partial charge in [-0.05, 0) is 23.8 Å². The Morgan fingerprint density at radius 1 is 0.968 bits per heavy atom. The van der Waals surface area contributed by atoms with Gasteiger partial charge in [-0.2, -0.15) is 0 Å². The highest BCUT2D eigenvalue weighted by Gasteiger charge is 2.31. The number of hydrogen-bond donors (Lipinski definition) is 0. The molecule has 6 heteroatoms. The molecule has 0 aliphatic carbocycles. The van der Waals surface area contributed by atoms with E-state index in [1.807, 2.05) is 46.8 Å². The molecule has 3 aromatic rings. The van der Waals surface area contributed by atoms with Crippen LogP contribution in [-0.2, 0) is 16.1 Å². The molecule has 4 rings (SSSR count). The third-order valence-electron chi connectivity index (χ3n) is 5.32. The molecule has 0 bridgehead atoms. The van der Waals surface area contributed by atoms with Crippen LogP contribution < -0.4 is 0 Å². The van der Waals surface area contributed by atoms with Crippen LogP contribution in [0.2, 0.25) is 0 Å². The molecule has 0 N–H and O–H groups in total. The van der Waals surface area contributed by atoms with Crippen LogP contribution in [0.4, 0.5) is 0 Å². The molecule has 0 saturated carbocycles. The van der Waals surface area contributed by atoms with Crippen molar-refractivity contribution in [1.29, 1.82) is 0 Å². The fourth-order valence-electron chi connectivity index (χ4n) is 3.76. The van der Waals surface area contributed by atoms with Crippen molar-refractivity contribution < 1.29 is 19.2 Å². The summed E-state index contributed by atoms with van der Waals surface area (Å²) in [5, 5.41) is 0. The molecule has 152 valence electrons. The van der Waals surface area contributed by atoms with E-state index in [2.05, 4.69) is 0 Å². The summed E-state index contributed by atoms with van der Waals surface area (Å²) in [7, 11) is 0. The summed E-state index contributed by atoms with van der Waals surface area (Å²) in [6, 6.07) is 17.6. The molecule has 31 heavy (non-hydrogen) atoms. The number of fused-ring (bicyclic) bond motifs is 1. The van der Waals surface area contributed by atoms with Crippen molar-refractivity contribution in [3.63, 3.8) is 0 Å². The lowest BCUT2D eigenvalue weighted by atomic mass is 10.1. The number of aldehydes is 1. The van der Waals surface area contributed by atoms with E-state index in [1.54, 1.807) is 36.5 Å². The monoisotopic (exact) mass is 410 g/mol. The summed E-state index contributed by atoms with van der Waals surface area (Å²) in [5.41, 5.74) is 3.31. The second-order valence-electron chi connectivity index (χ2n) is 7.17. The Bertz CT molecular complexity index is 1240. The Balaban J connectivity index is 1.79. The molecule has 0 atom stereocenters. The second-order valence-corrected chi connectivity index (χ2v) is 7.17. The summed E-state index contributed by atoms with van der Waals surface area (Å²) in [6.45, 7) is 0.604. The first-order valence-corrected chi connectivity index (χ1v) is 9.76. The van der Waals surface area contributed by atoms with Crippen molar-refractivity contribution in [1.82, 2.24) is 9.47 Å². The Morgan fingerprint density at radius 2 is 1.71 bits per heavy atom. The van der Waals surface area contributed by atoms with Gasteiger partial charge in [0.2, 0.25) is 0 Å². The molecule has 1 amide bonds. The zero-order chi connectivity index (χ0) is 21.8. The lowest BCUT2D eigenvalue weighted by Crippen LogP contribution is -2.31. The zero-order valence-electron chi connectivity index (χ0n) is 16.6. The Hall–Kier alpha value is -4.24. The quantitative estimate of drug-likeness (QED) is 0.489. The average Bonchev–Trinajstić information content (AvgIpc) is 3.14. The molecule has 2 aromatic carbocycles. The first-order chi connectivity index (χ1) is 15.2. The van der Waals surface area contributed by atoms with E-state index < -0.39 is 5.91 Å². The largest absolute Gasteiger partial charge is 0.341 e. The number of rotatable bonds is 4. The van der Waals surface area contributed by atoms with Gasteiger partial charge in [0.15, 0.2) is 11.6 Å². The number of amides is 1. The highest BCUT2D eigenvalue weighted by Crippen LogP contribution is 2.34. The molecule has 1 aliphatic heterocycles. The predicted octanol–water partition coefficient (Wildman–Crippen LogP) is 3.28. The lowest BCUT2D eigenvalue weighted by molar-refractivity contribution is 0.0838. The molecule has 0 unspecified atom stereocenters. The van der Waals surface area contributed by atoms with Gasteiger partial charge in [-0.3, -0.25) is 14.5 Å². The van der Waals surface area contributed by atoms with E-state index in [1.165, 1.54) is 4.90 Å². The van der Waals surface area contributed by atoms with Crippen molar-refractivity contribution in [2.24, 2.45) is 0 Å². The molecule has 0 saturated heterocycles. The molecule has 0 fully saturated rings. The van der Waals surface area contributed by atoms with Crippen LogP contribution in [0, 0.1) is 0 Å². The van der Waals surface area contributed by atoms with E-state index in [0.717, 1.165) is 5.56 Å². The highest BCUT2D eigenvalue weighted by atomic mass is 16.2. The highest BCUT2D eigenvalue weighted by molar-refractivity contribution is 6.06. The SMILES string of the molecule is O=C=C1CCN(C(=O)c2ccc(C=O)cc2)C(=C=O)c2c1ccn2Cc1ccccc1. The summed E-state index contributed by atoms with van der Waals surface area (Å²) in [5.74, 6) is 3.50. The van der Waals surface area contributed by atoms with E-state index in [4.69, 9.17) is 0 Å². The van der Waals surface area contributed by atoms with Gasteiger partial charge in [0.05, 0.1) is 5.69 Å². The minimum atomic E-state index is -0.402. The van der Waals surface area contributed by atoms with Crippen molar-refractivity contribution in [2.75, 3.05) is 6.54 Å². The Labute approximate surface area is 178 Å². The zero-order valence-corrected chi connectivity index (χ0v) is 16.6. The predicted molar refractivity (Wildman–Crippen MR) is 116 cm³/mol. The van der Waals surface area contributed by atoms with E-state index in [-0.39, 0.29) is 18.7 Å². The molecular formula is C25H18N2O4. The van der Waals surface area contributed by atoms with Gasteiger partial charge in [0.25, 0.3) is 5.91 Å². The maximum atomic E-state index is 13.2. The van der Waals surface area contributed by atoms with Gasteiger partial charge in [-0.15, -0.1) is 0 Å². The van der Waals surface area contributed by atoms with Crippen LogP contribution in [0.5, 0.6) is 0 Å². The van der Waals surface area contributed by atoms with Crippen molar-refractivity contribution in [2.45, 2.75) is 13.0 Å².